The number of fused-ring (bicyclic) bond motifs is 1. The molecule has 0 unspecified atom stereocenters. The largest absolute Gasteiger partial charge is 0.455 e. The van der Waals surface area contributed by atoms with Crippen LogP contribution in [-0.4, -0.2) is 11.2 Å². The molecular weight excluding hydrogens is 379 g/mol. The second-order valence-corrected chi connectivity index (χ2v) is 7.01. The van der Waals surface area contributed by atoms with Gasteiger partial charge in [0, 0.05) is 11.1 Å². The molecule has 5 aromatic rings. The lowest BCUT2D eigenvalue weighted by Gasteiger charge is -1.98. The van der Waals surface area contributed by atoms with Crippen molar-refractivity contribution in [3.05, 3.63) is 96.0 Å². The van der Waals surface area contributed by atoms with Crippen molar-refractivity contribution in [3.8, 4) is 22.8 Å². The molecule has 146 valence electrons. The maximum Gasteiger partial charge on any atom is 0.227 e. The van der Waals surface area contributed by atoms with Gasteiger partial charge < -0.3 is 8.83 Å². The number of aromatic nitrogens is 1. The van der Waals surface area contributed by atoms with E-state index in [2.05, 4.69) is 9.98 Å². The minimum atomic E-state index is -0.277. The normalized spacial score (nSPS) is 11.5. The number of aryl methyl sites for hydroxylation is 1. The fourth-order valence-corrected chi connectivity index (χ4v) is 3.21. The van der Waals surface area contributed by atoms with Crippen molar-refractivity contribution in [3.63, 3.8) is 0 Å². The van der Waals surface area contributed by atoms with Gasteiger partial charge in [0.25, 0.3) is 0 Å². The van der Waals surface area contributed by atoms with Crippen molar-refractivity contribution in [2.75, 3.05) is 0 Å². The van der Waals surface area contributed by atoms with E-state index in [1.807, 2.05) is 61.5 Å². The highest BCUT2D eigenvalue weighted by Crippen LogP contribution is 2.28. The van der Waals surface area contributed by atoms with Gasteiger partial charge in [0.15, 0.2) is 5.58 Å². The molecule has 0 N–H and O–H groups in total. The molecule has 5 rings (SSSR count). The number of nitrogens with zero attached hydrogens (tertiary/aromatic N) is 2. The van der Waals surface area contributed by atoms with Crippen molar-refractivity contribution in [1.82, 2.24) is 4.98 Å². The van der Waals surface area contributed by atoms with Crippen molar-refractivity contribution >= 4 is 23.0 Å². The fraction of sp³-hybridized carbons (Fsp3) is 0.0400. The number of hydrogen-bond donors (Lipinski definition) is 0. The number of hydrogen-bond acceptors (Lipinski definition) is 4. The minimum absolute atomic E-state index is 0.277. The Hall–Kier alpha value is -3.99. The van der Waals surface area contributed by atoms with Crippen molar-refractivity contribution in [2.45, 2.75) is 6.92 Å². The highest BCUT2D eigenvalue weighted by Gasteiger charge is 2.09. The first-order chi connectivity index (χ1) is 14.6. The summed E-state index contributed by atoms with van der Waals surface area (Å²) in [4.78, 5) is 9.09. The van der Waals surface area contributed by atoms with Gasteiger partial charge in [0.1, 0.15) is 22.9 Å². The number of rotatable bonds is 4. The first-order valence-electron chi connectivity index (χ1n) is 9.51. The van der Waals surface area contributed by atoms with Crippen LogP contribution >= 0.6 is 0 Å². The Kier molecular flexibility index (Phi) is 4.48. The van der Waals surface area contributed by atoms with Gasteiger partial charge in [-0.25, -0.2) is 9.37 Å². The Labute approximate surface area is 172 Å². The van der Waals surface area contributed by atoms with Crippen LogP contribution in [0.4, 0.5) is 10.1 Å². The van der Waals surface area contributed by atoms with E-state index in [1.165, 1.54) is 12.1 Å². The number of furan rings is 1. The van der Waals surface area contributed by atoms with E-state index >= 15 is 0 Å². The SMILES string of the molecule is Cc1ccc2oc(-c3cccc(N=Cc4ccc(-c5ccc(F)cc5)o4)c3)nc2c1. The average Bonchev–Trinajstić information content (AvgIpc) is 3.40. The summed E-state index contributed by atoms with van der Waals surface area (Å²) in [6.45, 7) is 2.03. The van der Waals surface area contributed by atoms with Crippen LogP contribution in [0.15, 0.2) is 92.7 Å². The standard InChI is InChI=1S/C25H17FN2O2/c1-16-5-11-24-22(13-16)28-25(30-24)18-3-2-4-20(14-18)27-15-21-10-12-23(29-21)17-6-8-19(26)9-7-17/h2-15H,1H3. The zero-order chi connectivity index (χ0) is 20.5. The molecule has 0 atom stereocenters. The van der Waals surface area contributed by atoms with Gasteiger partial charge in [0.05, 0.1) is 11.9 Å². The summed E-state index contributed by atoms with van der Waals surface area (Å²) in [6.07, 6.45) is 1.65. The van der Waals surface area contributed by atoms with Crippen LogP contribution in [0.3, 0.4) is 0 Å². The second kappa shape index (κ2) is 7.44. The molecule has 0 fully saturated rings. The minimum Gasteiger partial charge on any atom is -0.455 e. The summed E-state index contributed by atoms with van der Waals surface area (Å²) >= 11 is 0. The highest BCUT2D eigenvalue weighted by atomic mass is 19.1. The zero-order valence-corrected chi connectivity index (χ0v) is 16.2. The summed E-state index contributed by atoms with van der Waals surface area (Å²) in [5.74, 6) is 1.55. The first-order valence-corrected chi connectivity index (χ1v) is 9.51. The fourth-order valence-electron chi connectivity index (χ4n) is 3.21. The molecule has 0 aliphatic carbocycles. The second-order valence-electron chi connectivity index (χ2n) is 7.01. The summed E-state index contributed by atoms with van der Waals surface area (Å²) in [5.41, 5.74) is 5.15. The summed E-state index contributed by atoms with van der Waals surface area (Å²) < 4.78 is 24.8. The van der Waals surface area contributed by atoms with Gasteiger partial charge in [-0.05, 0) is 79.2 Å². The molecule has 3 aromatic carbocycles. The molecular formula is C25H17FN2O2. The number of aliphatic imine (C=N–C) groups is 1. The van der Waals surface area contributed by atoms with Crippen LogP contribution in [0.5, 0.6) is 0 Å². The highest BCUT2D eigenvalue weighted by molar-refractivity contribution is 5.81. The van der Waals surface area contributed by atoms with Crippen LogP contribution < -0.4 is 0 Å². The number of benzene rings is 3. The third-order valence-electron chi connectivity index (χ3n) is 4.73. The maximum atomic E-state index is 13.1. The van der Waals surface area contributed by atoms with E-state index < -0.39 is 0 Å². The molecule has 0 bridgehead atoms. The monoisotopic (exact) mass is 396 g/mol. The van der Waals surface area contributed by atoms with Gasteiger partial charge in [-0.2, -0.15) is 0 Å². The Morgan fingerprint density at radius 3 is 2.60 bits per heavy atom. The first kappa shape index (κ1) is 18.1. The Balaban J connectivity index is 1.39. The third kappa shape index (κ3) is 3.65. The van der Waals surface area contributed by atoms with E-state index in [0.717, 1.165) is 33.5 Å². The third-order valence-corrected chi connectivity index (χ3v) is 4.73. The van der Waals surface area contributed by atoms with Crippen LogP contribution in [0, 0.1) is 12.7 Å². The molecule has 2 heterocycles. The molecule has 2 aromatic heterocycles. The number of oxazole rings is 1. The Morgan fingerprint density at radius 2 is 1.73 bits per heavy atom. The molecule has 0 aliphatic heterocycles. The van der Waals surface area contributed by atoms with Crippen LogP contribution in [0.1, 0.15) is 11.3 Å². The van der Waals surface area contributed by atoms with E-state index in [-0.39, 0.29) is 5.82 Å². The molecule has 0 radical (unpaired) electrons. The Morgan fingerprint density at radius 1 is 0.867 bits per heavy atom. The van der Waals surface area contributed by atoms with Crippen molar-refractivity contribution in [1.29, 1.82) is 0 Å². The lowest BCUT2D eigenvalue weighted by atomic mass is 10.2. The topological polar surface area (TPSA) is 51.5 Å². The van der Waals surface area contributed by atoms with Crippen molar-refractivity contribution in [2.24, 2.45) is 4.99 Å². The Bertz CT molecular complexity index is 1360. The van der Waals surface area contributed by atoms with Crippen LogP contribution in [0.25, 0.3) is 33.9 Å². The van der Waals surface area contributed by atoms with E-state index in [9.17, 15) is 4.39 Å². The zero-order valence-electron chi connectivity index (χ0n) is 16.2. The molecule has 0 aliphatic rings. The predicted octanol–water partition coefficient (Wildman–Crippen LogP) is 6.95. The lowest BCUT2D eigenvalue weighted by molar-refractivity contribution is 0.574. The van der Waals surface area contributed by atoms with Crippen LogP contribution in [-0.2, 0) is 0 Å². The summed E-state index contributed by atoms with van der Waals surface area (Å²) in [7, 11) is 0. The van der Waals surface area contributed by atoms with E-state index in [4.69, 9.17) is 8.83 Å². The van der Waals surface area contributed by atoms with E-state index in [1.54, 1.807) is 18.3 Å². The van der Waals surface area contributed by atoms with Crippen molar-refractivity contribution < 1.29 is 13.2 Å². The number of halogens is 1. The lowest BCUT2D eigenvalue weighted by Crippen LogP contribution is -1.79. The predicted molar refractivity (Wildman–Crippen MR) is 116 cm³/mol. The molecule has 30 heavy (non-hydrogen) atoms. The van der Waals surface area contributed by atoms with Crippen LogP contribution in [0.2, 0.25) is 0 Å². The van der Waals surface area contributed by atoms with Gasteiger partial charge >= 0.3 is 0 Å². The van der Waals surface area contributed by atoms with E-state index in [0.29, 0.717) is 17.4 Å². The average molecular weight is 396 g/mol. The van der Waals surface area contributed by atoms with Gasteiger partial charge in [-0.3, -0.25) is 4.99 Å². The van der Waals surface area contributed by atoms with Gasteiger partial charge in [-0.15, -0.1) is 0 Å². The summed E-state index contributed by atoms with van der Waals surface area (Å²) in [6, 6.07) is 23.4. The molecule has 0 amide bonds. The maximum absolute atomic E-state index is 13.1. The summed E-state index contributed by atoms with van der Waals surface area (Å²) in [5, 5.41) is 0. The molecule has 5 heteroatoms. The molecule has 0 spiro atoms. The smallest absolute Gasteiger partial charge is 0.227 e. The molecule has 0 saturated heterocycles. The molecule has 0 saturated carbocycles. The molecule has 4 nitrogen and oxygen atoms in total. The van der Waals surface area contributed by atoms with Gasteiger partial charge in [0.2, 0.25) is 5.89 Å². The quantitative estimate of drug-likeness (QED) is 0.309. The van der Waals surface area contributed by atoms with Gasteiger partial charge in [-0.1, -0.05) is 12.1 Å².